The van der Waals surface area contributed by atoms with E-state index in [4.69, 9.17) is 33.0 Å². The van der Waals surface area contributed by atoms with Crippen molar-refractivity contribution in [3.05, 3.63) is 52.3 Å². The average Bonchev–Trinajstić information content (AvgIpc) is 2.34. The number of halogens is 2. The first-order valence-corrected chi connectivity index (χ1v) is 5.63. The predicted octanol–water partition coefficient (Wildman–Crippen LogP) is 3.67. The van der Waals surface area contributed by atoms with E-state index in [0.717, 1.165) is 0 Å². The van der Waals surface area contributed by atoms with E-state index < -0.39 is 0 Å². The minimum atomic E-state index is -0.159. The van der Waals surface area contributed by atoms with Crippen LogP contribution in [0, 0.1) is 0 Å². The van der Waals surface area contributed by atoms with Gasteiger partial charge in [-0.3, -0.25) is 4.98 Å². The maximum Gasteiger partial charge on any atom is 0.147 e. The third kappa shape index (κ3) is 2.88. The number of hydrogen-bond donors (Lipinski definition) is 1. The second-order valence-corrected chi connectivity index (χ2v) is 4.13. The number of ether oxygens (including phenoxy) is 1. The van der Waals surface area contributed by atoms with Crippen molar-refractivity contribution >= 4 is 23.2 Å². The first kappa shape index (κ1) is 12.2. The zero-order valence-corrected chi connectivity index (χ0v) is 10.2. The molecule has 1 heterocycles. The van der Waals surface area contributed by atoms with Crippen molar-refractivity contribution in [1.29, 1.82) is 0 Å². The monoisotopic (exact) mass is 269 g/mol. The maximum atomic E-state index is 9.03. The molecule has 1 aromatic heterocycles. The number of nitrogens with zero attached hydrogens (tertiary/aromatic N) is 1. The molecule has 0 spiro atoms. The zero-order valence-electron chi connectivity index (χ0n) is 8.73. The van der Waals surface area contributed by atoms with Crippen LogP contribution in [-0.2, 0) is 6.61 Å². The van der Waals surface area contributed by atoms with Crippen molar-refractivity contribution in [3.63, 3.8) is 0 Å². The van der Waals surface area contributed by atoms with E-state index >= 15 is 0 Å². The number of pyridine rings is 1. The van der Waals surface area contributed by atoms with E-state index in [1.807, 2.05) is 0 Å². The average molecular weight is 270 g/mol. The molecule has 17 heavy (non-hydrogen) atoms. The van der Waals surface area contributed by atoms with Crippen LogP contribution in [0.4, 0.5) is 0 Å². The van der Waals surface area contributed by atoms with Crippen LogP contribution in [0.25, 0.3) is 0 Å². The van der Waals surface area contributed by atoms with E-state index in [1.165, 1.54) is 0 Å². The lowest BCUT2D eigenvalue weighted by Gasteiger charge is -2.09. The fourth-order valence-electron chi connectivity index (χ4n) is 1.30. The summed E-state index contributed by atoms with van der Waals surface area (Å²) < 4.78 is 5.55. The molecule has 0 fully saturated rings. The van der Waals surface area contributed by atoms with Crippen LogP contribution in [0.3, 0.4) is 0 Å². The van der Waals surface area contributed by atoms with Gasteiger partial charge in [0.2, 0.25) is 0 Å². The Bertz CT molecular complexity index is 517. The minimum Gasteiger partial charge on any atom is -0.456 e. The Hall–Kier alpha value is -1.29. The molecule has 2 rings (SSSR count). The van der Waals surface area contributed by atoms with Crippen molar-refractivity contribution in [2.75, 3.05) is 0 Å². The van der Waals surface area contributed by atoms with Crippen molar-refractivity contribution in [2.24, 2.45) is 0 Å². The van der Waals surface area contributed by atoms with Gasteiger partial charge < -0.3 is 9.84 Å². The van der Waals surface area contributed by atoms with Gasteiger partial charge in [-0.05, 0) is 23.8 Å². The summed E-state index contributed by atoms with van der Waals surface area (Å²) in [5, 5.41) is 9.85. The molecule has 0 saturated heterocycles. The van der Waals surface area contributed by atoms with Crippen LogP contribution in [0.5, 0.6) is 11.5 Å². The fourth-order valence-corrected chi connectivity index (χ4v) is 1.74. The SMILES string of the molecule is OCc1cc(Cl)c(Oc2ccncc2)cc1Cl. The zero-order chi connectivity index (χ0) is 12.3. The second kappa shape index (κ2) is 5.36. The lowest BCUT2D eigenvalue weighted by atomic mass is 10.2. The van der Waals surface area contributed by atoms with Crippen molar-refractivity contribution in [1.82, 2.24) is 4.98 Å². The number of hydrogen-bond acceptors (Lipinski definition) is 3. The Kier molecular flexibility index (Phi) is 3.84. The highest BCUT2D eigenvalue weighted by Crippen LogP contribution is 2.34. The molecule has 0 unspecified atom stereocenters. The molecule has 0 aliphatic carbocycles. The Morgan fingerprint density at radius 2 is 1.82 bits per heavy atom. The summed E-state index contributed by atoms with van der Waals surface area (Å²) in [6, 6.07) is 6.59. The third-order valence-electron chi connectivity index (χ3n) is 2.15. The first-order chi connectivity index (χ1) is 8.20. The number of aromatic nitrogens is 1. The van der Waals surface area contributed by atoms with Gasteiger partial charge in [-0.2, -0.15) is 0 Å². The molecule has 0 bridgehead atoms. The molecular formula is C12H9Cl2NO2. The summed E-state index contributed by atoms with van der Waals surface area (Å²) in [5.41, 5.74) is 0.568. The molecule has 0 atom stereocenters. The molecule has 0 aliphatic rings. The van der Waals surface area contributed by atoms with E-state index in [9.17, 15) is 0 Å². The van der Waals surface area contributed by atoms with E-state index in [1.54, 1.807) is 36.7 Å². The molecule has 2 aromatic rings. The number of rotatable bonds is 3. The molecule has 3 nitrogen and oxygen atoms in total. The molecular weight excluding hydrogens is 261 g/mol. The highest BCUT2D eigenvalue weighted by atomic mass is 35.5. The highest BCUT2D eigenvalue weighted by Gasteiger charge is 2.08. The normalized spacial score (nSPS) is 10.3. The standard InChI is InChI=1S/C12H9Cl2NO2/c13-10-6-12(11(14)5-8(10)7-16)17-9-1-3-15-4-2-9/h1-6,16H,7H2. The lowest BCUT2D eigenvalue weighted by Crippen LogP contribution is -1.90. The molecule has 1 aromatic carbocycles. The van der Waals surface area contributed by atoms with Crippen molar-refractivity contribution in [3.8, 4) is 11.5 Å². The van der Waals surface area contributed by atoms with Crippen LogP contribution >= 0.6 is 23.2 Å². The molecule has 88 valence electrons. The topological polar surface area (TPSA) is 42.4 Å². The molecule has 0 saturated carbocycles. The van der Waals surface area contributed by atoms with Crippen LogP contribution in [0.15, 0.2) is 36.7 Å². The minimum absolute atomic E-state index is 0.159. The second-order valence-electron chi connectivity index (χ2n) is 3.32. The number of benzene rings is 1. The van der Waals surface area contributed by atoms with Gasteiger partial charge in [0.1, 0.15) is 11.5 Å². The van der Waals surface area contributed by atoms with Gasteiger partial charge in [0, 0.05) is 23.5 Å². The third-order valence-corrected chi connectivity index (χ3v) is 2.80. The van der Waals surface area contributed by atoms with E-state index in [0.29, 0.717) is 27.1 Å². The Labute approximate surface area is 109 Å². The number of aliphatic hydroxyl groups excluding tert-OH is 1. The Morgan fingerprint density at radius 1 is 1.12 bits per heavy atom. The summed E-state index contributed by atoms with van der Waals surface area (Å²) in [5.74, 6) is 1.06. The maximum absolute atomic E-state index is 9.03. The highest BCUT2D eigenvalue weighted by molar-refractivity contribution is 6.34. The van der Waals surface area contributed by atoms with Gasteiger partial charge in [-0.15, -0.1) is 0 Å². The lowest BCUT2D eigenvalue weighted by molar-refractivity contribution is 0.282. The summed E-state index contributed by atoms with van der Waals surface area (Å²) in [6.45, 7) is -0.159. The molecule has 0 aliphatic heterocycles. The summed E-state index contributed by atoms with van der Waals surface area (Å²) in [7, 11) is 0. The molecule has 0 amide bonds. The first-order valence-electron chi connectivity index (χ1n) is 4.87. The van der Waals surface area contributed by atoms with Crippen molar-refractivity contribution in [2.45, 2.75) is 6.61 Å². The van der Waals surface area contributed by atoms with Crippen LogP contribution in [-0.4, -0.2) is 10.1 Å². The van der Waals surface area contributed by atoms with Crippen LogP contribution in [0.1, 0.15) is 5.56 Å². The predicted molar refractivity (Wildman–Crippen MR) is 66.7 cm³/mol. The molecule has 1 N–H and O–H groups in total. The fraction of sp³-hybridized carbons (Fsp3) is 0.0833. The summed E-state index contributed by atoms with van der Waals surface area (Å²) in [4.78, 5) is 3.88. The van der Waals surface area contributed by atoms with Gasteiger partial charge in [-0.1, -0.05) is 23.2 Å². The summed E-state index contributed by atoms with van der Waals surface area (Å²) in [6.07, 6.45) is 3.24. The van der Waals surface area contributed by atoms with Crippen molar-refractivity contribution < 1.29 is 9.84 Å². The smallest absolute Gasteiger partial charge is 0.147 e. The van der Waals surface area contributed by atoms with Crippen LogP contribution < -0.4 is 4.74 Å². The number of aliphatic hydroxyl groups is 1. The van der Waals surface area contributed by atoms with Gasteiger partial charge >= 0.3 is 0 Å². The van der Waals surface area contributed by atoms with Gasteiger partial charge in [-0.25, -0.2) is 0 Å². The van der Waals surface area contributed by atoms with Crippen LogP contribution in [0.2, 0.25) is 10.0 Å². The van der Waals surface area contributed by atoms with Gasteiger partial charge in [0.05, 0.1) is 11.6 Å². The Morgan fingerprint density at radius 3 is 2.47 bits per heavy atom. The molecule has 0 radical (unpaired) electrons. The van der Waals surface area contributed by atoms with E-state index in [2.05, 4.69) is 4.98 Å². The largest absolute Gasteiger partial charge is 0.456 e. The summed E-state index contributed by atoms with van der Waals surface area (Å²) >= 11 is 12.0. The van der Waals surface area contributed by atoms with Gasteiger partial charge in [0.15, 0.2) is 0 Å². The van der Waals surface area contributed by atoms with E-state index in [-0.39, 0.29) is 6.61 Å². The molecule has 5 heteroatoms. The van der Waals surface area contributed by atoms with Gasteiger partial charge in [0.25, 0.3) is 0 Å². The quantitative estimate of drug-likeness (QED) is 0.925. The Balaban J connectivity index is 2.31.